The van der Waals surface area contributed by atoms with Crippen LogP contribution in [0.25, 0.3) is 11.0 Å². The van der Waals surface area contributed by atoms with Crippen LogP contribution >= 0.6 is 0 Å². The summed E-state index contributed by atoms with van der Waals surface area (Å²) in [7, 11) is 0. The van der Waals surface area contributed by atoms with Crippen LogP contribution in [-0.4, -0.2) is 37.5 Å². The summed E-state index contributed by atoms with van der Waals surface area (Å²) in [4.78, 5) is 15.9. The lowest BCUT2D eigenvalue weighted by molar-refractivity contribution is 0.215. The molecule has 0 saturated heterocycles. The van der Waals surface area contributed by atoms with Gasteiger partial charge in [0.05, 0.1) is 16.7 Å². The van der Waals surface area contributed by atoms with E-state index in [-0.39, 0.29) is 0 Å². The molecule has 0 spiro atoms. The molecule has 0 fully saturated rings. The Hall–Kier alpha value is -2.27. The van der Waals surface area contributed by atoms with Crippen LogP contribution in [0.4, 0.5) is 0 Å². The van der Waals surface area contributed by atoms with E-state index >= 15 is 0 Å². The van der Waals surface area contributed by atoms with E-state index in [2.05, 4.69) is 62.7 Å². The molecule has 0 N–H and O–H groups in total. The maximum absolute atomic E-state index is 4.64. The first-order valence-electron chi connectivity index (χ1n) is 9.18. The fourth-order valence-electron chi connectivity index (χ4n) is 3.42. The second-order valence-corrected chi connectivity index (χ2v) is 6.26. The van der Waals surface area contributed by atoms with E-state index in [1.165, 1.54) is 11.4 Å². The minimum atomic E-state index is 0.368. The number of rotatable bonds is 2. The minimum Gasteiger partial charge on any atom is -0.333 e. The number of aromatic nitrogens is 4. The Balaban J connectivity index is 0.000000880. The molecule has 1 aliphatic heterocycles. The molecular weight excluding hydrogens is 310 g/mol. The lowest BCUT2D eigenvalue weighted by Gasteiger charge is -2.27. The fourth-order valence-corrected chi connectivity index (χ4v) is 3.42. The SMILES string of the molecule is CC.Cc1cn2c(n1)CCN(C(C)c1ccc3nccnc3c1)CC2. The molecule has 0 saturated carbocycles. The van der Waals surface area contributed by atoms with Gasteiger partial charge in [-0.25, -0.2) is 4.98 Å². The number of aryl methyl sites for hydroxylation is 1. The van der Waals surface area contributed by atoms with Crippen molar-refractivity contribution in [1.82, 2.24) is 24.4 Å². The molecule has 1 atom stereocenters. The Bertz CT molecular complexity index is 813. The van der Waals surface area contributed by atoms with Gasteiger partial charge in [0.1, 0.15) is 5.82 Å². The van der Waals surface area contributed by atoms with Gasteiger partial charge < -0.3 is 4.57 Å². The molecule has 0 radical (unpaired) electrons. The topological polar surface area (TPSA) is 46.8 Å². The van der Waals surface area contributed by atoms with E-state index in [1.54, 1.807) is 12.4 Å². The summed E-state index contributed by atoms with van der Waals surface area (Å²) in [5.41, 5.74) is 4.34. The third-order valence-electron chi connectivity index (χ3n) is 4.75. The standard InChI is InChI=1S/C18H21N5.C2H6/c1-13-12-23-10-9-22(8-5-18(23)21-13)14(2)15-3-4-16-17(11-15)20-7-6-19-16;1-2/h3-4,6-7,11-12,14H,5,8-10H2,1-2H3;1-2H3. The maximum Gasteiger partial charge on any atom is 0.110 e. The first kappa shape index (κ1) is 17.5. The molecule has 0 aliphatic carbocycles. The summed E-state index contributed by atoms with van der Waals surface area (Å²) in [5.74, 6) is 1.21. The Kier molecular flexibility index (Phi) is 5.43. The number of fused-ring (bicyclic) bond motifs is 2. The summed E-state index contributed by atoms with van der Waals surface area (Å²) < 4.78 is 2.30. The highest BCUT2D eigenvalue weighted by atomic mass is 15.2. The van der Waals surface area contributed by atoms with Crippen molar-refractivity contribution in [1.29, 1.82) is 0 Å². The van der Waals surface area contributed by atoms with Crippen LogP contribution in [0.15, 0.2) is 36.8 Å². The Morgan fingerprint density at radius 2 is 1.76 bits per heavy atom. The van der Waals surface area contributed by atoms with Gasteiger partial charge in [0, 0.05) is 50.7 Å². The van der Waals surface area contributed by atoms with Gasteiger partial charge in [-0.15, -0.1) is 0 Å². The molecule has 25 heavy (non-hydrogen) atoms. The molecule has 0 amide bonds. The fraction of sp³-hybridized carbons (Fsp3) is 0.450. The molecule has 3 heterocycles. The van der Waals surface area contributed by atoms with Crippen LogP contribution in [0.2, 0.25) is 0 Å². The van der Waals surface area contributed by atoms with Crippen molar-refractivity contribution in [3.05, 3.63) is 53.9 Å². The maximum atomic E-state index is 4.64. The van der Waals surface area contributed by atoms with Gasteiger partial charge in [-0.2, -0.15) is 0 Å². The van der Waals surface area contributed by atoms with Crippen molar-refractivity contribution < 1.29 is 0 Å². The molecular formula is C20H27N5. The molecule has 0 bridgehead atoms. The quantitative estimate of drug-likeness (QED) is 0.714. The summed E-state index contributed by atoms with van der Waals surface area (Å²) in [5, 5.41) is 0. The van der Waals surface area contributed by atoms with Gasteiger partial charge in [0.15, 0.2) is 0 Å². The molecule has 5 heteroatoms. The van der Waals surface area contributed by atoms with Crippen LogP contribution in [0.5, 0.6) is 0 Å². The van der Waals surface area contributed by atoms with Crippen molar-refractivity contribution in [2.75, 3.05) is 13.1 Å². The highest BCUT2D eigenvalue weighted by Crippen LogP contribution is 2.24. The predicted octanol–water partition coefficient (Wildman–Crippen LogP) is 3.78. The third kappa shape index (κ3) is 3.71. The van der Waals surface area contributed by atoms with Gasteiger partial charge in [0.2, 0.25) is 0 Å². The van der Waals surface area contributed by atoms with Crippen molar-refractivity contribution in [2.45, 2.75) is 46.7 Å². The second-order valence-electron chi connectivity index (χ2n) is 6.26. The van der Waals surface area contributed by atoms with E-state index in [9.17, 15) is 0 Å². The first-order valence-corrected chi connectivity index (χ1v) is 9.18. The first-order chi connectivity index (χ1) is 12.2. The predicted molar refractivity (Wildman–Crippen MR) is 102 cm³/mol. The van der Waals surface area contributed by atoms with Crippen LogP contribution in [0.3, 0.4) is 0 Å². The minimum absolute atomic E-state index is 0.368. The molecule has 2 aromatic heterocycles. The van der Waals surface area contributed by atoms with E-state index in [4.69, 9.17) is 0 Å². The molecule has 1 unspecified atom stereocenters. The highest BCUT2D eigenvalue weighted by molar-refractivity contribution is 5.74. The summed E-state index contributed by atoms with van der Waals surface area (Å²) in [6, 6.07) is 6.78. The smallest absolute Gasteiger partial charge is 0.110 e. The Labute approximate surface area is 149 Å². The van der Waals surface area contributed by atoms with Gasteiger partial charge in [-0.3, -0.25) is 14.9 Å². The van der Waals surface area contributed by atoms with Gasteiger partial charge in [0.25, 0.3) is 0 Å². The van der Waals surface area contributed by atoms with Gasteiger partial charge in [-0.05, 0) is 31.5 Å². The normalized spacial score (nSPS) is 15.8. The van der Waals surface area contributed by atoms with Crippen molar-refractivity contribution in [3.63, 3.8) is 0 Å². The largest absolute Gasteiger partial charge is 0.333 e. The summed E-state index contributed by atoms with van der Waals surface area (Å²) in [6.07, 6.45) is 6.66. The van der Waals surface area contributed by atoms with Crippen molar-refractivity contribution >= 4 is 11.0 Å². The molecule has 1 aliphatic rings. The number of nitrogens with zero attached hydrogens (tertiary/aromatic N) is 5. The van der Waals surface area contributed by atoms with Gasteiger partial charge in [-0.1, -0.05) is 19.9 Å². The Morgan fingerprint density at radius 1 is 1.00 bits per heavy atom. The van der Waals surface area contributed by atoms with Crippen LogP contribution in [0.1, 0.15) is 43.9 Å². The lowest BCUT2D eigenvalue weighted by atomic mass is 10.1. The van der Waals surface area contributed by atoms with Crippen LogP contribution < -0.4 is 0 Å². The van der Waals surface area contributed by atoms with Crippen molar-refractivity contribution in [2.24, 2.45) is 0 Å². The number of benzene rings is 1. The monoisotopic (exact) mass is 337 g/mol. The zero-order valence-corrected chi connectivity index (χ0v) is 15.6. The Morgan fingerprint density at radius 3 is 2.56 bits per heavy atom. The zero-order valence-electron chi connectivity index (χ0n) is 15.6. The van der Waals surface area contributed by atoms with Crippen LogP contribution in [0, 0.1) is 6.92 Å². The number of imidazole rings is 1. The molecule has 4 rings (SSSR count). The van der Waals surface area contributed by atoms with Crippen molar-refractivity contribution in [3.8, 4) is 0 Å². The highest BCUT2D eigenvalue weighted by Gasteiger charge is 2.20. The van der Waals surface area contributed by atoms with Crippen LogP contribution in [-0.2, 0) is 13.0 Å². The third-order valence-corrected chi connectivity index (χ3v) is 4.75. The van der Waals surface area contributed by atoms with Gasteiger partial charge >= 0.3 is 0 Å². The van der Waals surface area contributed by atoms with E-state index < -0.39 is 0 Å². The van der Waals surface area contributed by atoms with E-state index in [1.807, 2.05) is 13.8 Å². The average molecular weight is 337 g/mol. The molecule has 132 valence electrons. The second kappa shape index (κ2) is 7.74. The average Bonchev–Trinajstić information content (AvgIpc) is 2.91. The van der Waals surface area contributed by atoms with E-state index in [0.29, 0.717) is 6.04 Å². The summed E-state index contributed by atoms with van der Waals surface area (Å²) >= 11 is 0. The van der Waals surface area contributed by atoms with E-state index in [0.717, 1.165) is 42.8 Å². The summed E-state index contributed by atoms with van der Waals surface area (Å²) in [6.45, 7) is 11.4. The zero-order chi connectivity index (χ0) is 17.8. The molecule has 1 aromatic carbocycles. The number of hydrogen-bond acceptors (Lipinski definition) is 4. The molecule has 3 aromatic rings. The number of hydrogen-bond donors (Lipinski definition) is 0. The lowest BCUT2D eigenvalue weighted by Crippen LogP contribution is -2.30. The molecule has 5 nitrogen and oxygen atoms in total.